The van der Waals surface area contributed by atoms with Crippen molar-refractivity contribution in [3.05, 3.63) is 0 Å². The van der Waals surface area contributed by atoms with Crippen LogP contribution in [-0.2, 0) is 32.6 Å². The molecule has 116 valence electrons. The number of hydrogen-bond donors (Lipinski definition) is 0. The first kappa shape index (κ1) is 16.2. The largest absolute Gasteiger partial charge is 0.697 e. The summed E-state index contributed by atoms with van der Waals surface area (Å²) < 4.78 is 42.0. The summed E-state index contributed by atoms with van der Waals surface area (Å²) in [5, 5.41) is 0. The van der Waals surface area contributed by atoms with Crippen LogP contribution in [0.2, 0.25) is 0 Å². The zero-order valence-corrected chi connectivity index (χ0v) is 12.4. The molecule has 0 radical (unpaired) electrons. The van der Waals surface area contributed by atoms with Crippen LogP contribution < -0.4 is 0 Å². The van der Waals surface area contributed by atoms with Crippen LogP contribution in [0, 0.1) is 0 Å². The van der Waals surface area contributed by atoms with Crippen LogP contribution in [-0.4, -0.2) is 65.1 Å². The lowest BCUT2D eigenvalue weighted by molar-refractivity contribution is 0.0964. The van der Waals surface area contributed by atoms with Crippen LogP contribution in [0.3, 0.4) is 0 Å². The van der Waals surface area contributed by atoms with Gasteiger partial charge in [-0.2, -0.15) is 0 Å². The van der Waals surface area contributed by atoms with Crippen molar-refractivity contribution < 1.29 is 32.6 Å². The molecule has 0 spiro atoms. The van der Waals surface area contributed by atoms with Crippen LogP contribution in [0.1, 0.15) is 12.8 Å². The van der Waals surface area contributed by atoms with Crippen molar-refractivity contribution in [2.24, 2.45) is 0 Å². The van der Waals surface area contributed by atoms with E-state index in [1.807, 2.05) is 0 Å². The van der Waals surface area contributed by atoms with E-state index < -0.39 is 8.25 Å². The van der Waals surface area contributed by atoms with Crippen LogP contribution in [0.15, 0.2) is 0 Å². The molecule has 2 saturated heterocycles. The van der Waals surface area contributed by atoms with E-state index >= 15 is 0 Å². The summed E-state index contributed by atoms with van der Waals surface area (Å²) in [5.41, 5.74) is 0. The lowest BCUT2D eigenvalue weighted by Crippen LogP contribution is -2.05. The van der Waals surface area contributed by atoms with Crippen molar-refractivity contribution >= 4 is 8.25 Å². The average Bonchev–Trinajstić information content (AvgIpc) is 3.32. The Morgan fingerprint density at radius 2 is 1.30 bits per heavy atom. The highest BCUT2D eigenvalue weighted by atomic mass is 31.1. The van der Waals surface area contributed by atoms with Gasteiger partial charge in [0.05, 0.1) is 26.4 Å². The van der Waals surface area contributed by atoms with Gasteiger partial charge in [-0.25, -0.2) is 0 Å². The smallest absolute Gasteiger partial charge is 0.379 e. The minimum Gasteiger partial charge on any atom is -0.379 e. The van der Waals surface area contributed by atoms with Crippen LogP contribution in [0.4, 0.5) is 0 Å². The minimum atomic E-state index is -2.03. The van der Waals surface area contributed by atoms with Crippen LogP contribution in [0.25, 0.3) is 0 Å². The number of epoxide rings is 2. The Labute approximate surface area is 119 Å². The van der Waals surface area contributed by atoms with Gasteiger partial charge in [-0.05, 0) is 12.8 Å². The maximum absolute atomic E-state index is 11.3. The summed E-state index contributed by atoms with van der Waals surface area (Å²) in [6.45, 7) is 4.77. The fraction of sp³-hybridized carbons (Fsp3) is 1.00. The third-order valence-electron chi connectivity index (χ3n) is 2.67. The van der Waals surface area contributed by atoms with E-state index in [4.69, 9.17) is 28.0 Å². The van der Waals surface area contributed by atoms with Gasteiger partial charge in [0.1, 0.15) is 25.4 Å². The highest BCUT2D eigenvalue weighted by Gasteiger charge is 2.23. The second-order valence-corrected chi connectivity index (χ2v) is 5.62. The molecule has 0 aromatic carbocycles. The van der Waals surface area contributed by atoms with Gasteiger partial charge in [0.2, 0.25) is 0 Å². The lowest BCUT2D eigenvalue weighted by Gasteiger charge is -1.99. The van der Waals surface area contributed by atoms with E-state index in [2.05, 4.69) is 0 Å². The Morgan fingerprint density at radius 1 is 0.850 bits per heavy atom. The summed E-state index contributed by atoms with van der Waals surface area (Å²) in [4.78, 5) is 0. The third-order valence-corrected chi connectivity index (χ3v) is 3.46. The van der Waals surface area contributed by atoms with Gasteiger partial charge in [0, 0.05) is 17.8 Å². The molecule has 0 aromatic heterocycles. The summed E-state index contributed by atoms with van der Waals surface area (Å²) in [7, 11) is -2.03. The summed E-state index contributed by atoms with van der Waals surface area (Å²) in [6.07, 6.45) is 1.96. The Bertz CT molecular complexity index is 255. The van der Waals surface area contributed by atoms with Crippen molar-refractivity contribution in [2.45, 2.75) is 25.0 Å². The predicted octanol–water partition coefficient (Wildman–Crippen LogP) is 1.29. The molecule has 2 aliphatic heterocycles. The molecule has 8 heteroatoms. The van der Waals surface area contributed by atoms with Crippen LogP contribution in [0.5, 0.6) is 0 Å². The van der Waals surface area contributed by atoms with Gasteiger partial charge in [-0.1, -0.05) is 0 Å². The SMILES string of the molecule is O=[P+](OCCCOCC1CO1)OCCCOCC1CO1. The van der Waals surface area contributed by atoms with Crippen molar-refractivity contribution in [3.63, 3.8) is 0 Å². The Hall–Kier alpha value is -0.140. The molecule has 7 nitrogen and oxygen atoms in total. The van der Waals surface area contributed by atoms with E-state index in [0.29, 0.717) is 52.5 Å². The second kappa shape index (κ2) is 9.73. The summed E-state index contributed by atoms with van der Waals surface area (Å²) in [5.74, 6) is 0. The average molecular weight is 309 g/mol. The molecule has 0 N–H and O–H groups in total. The first-order valence-corrected chi connectivity index (χ1v) is 8.06. The topological polar surface area (TPSA) is 79.1 Å². The zero-order chi connectivity index (χ0) is 14.0. The van der Waals surface area contributed by atoms with Gasteiger partial charge in [-0.3, -0.25) is 0 Å². The number of ether oxygens (including phenoxy) is 4. The lowest BCUT2D eigenvalue weighted by atomic mass is 10.5. The minimum absolute atomic E-state index is 0.282. The molecular formula is C12H22O7P+. The molecule has 0 aliphatic carbocycles. The summed E-state index contributed by atoms with van der Waals surface area (Å²) in [6, 6.07) is 0. The first-order valence-electron chi connectivity index (χ1n) is 6.96. The van der Waals surface area contributed by atoms with Crippen molar-refractivity contribution in [2.75, 3.05) is 52.9 Å². The molecule has 0 bridgehead atoms. The standard InChI is InChI=1S/C12H22O7P/c13-20(18-5-1-3-14-7-11-9-16-11)19-6-2-4-15-8-12-10-17-12/h11-12H,1-10H2/q+1. The Balaban J connectivity index is 1.27. The fourth-order valence-corrected chi connectivity index (χ4v) is 2.03. The molecule has 0 aromatic rings. The van der Waals surface area contributed by atoms with Gasteiger partial charge < -0.3 is 18.9 Å². The molecule has 20 heavy (non-hydrogen) atoms. The molecule has 0 amide bonds. The molecule has 2 unspecified atom stereocenters. The van der Waals surface area contributed by atoms with E-state index in [0.717, 1.165) is 13.2 Å². The fourth-order valence-electron chi connectivity index (χ4n) is 1.40. The molecule has 2 heterocycles. The van der Waals surface area contributed by atoms with E-state index in [9.17, 15) is 4.57 Å². The second-order valence-electron chi connectivity index (χ2n) is 4.66. The zero-order valence-electron chi connectivity index (χ0n) is 11.5. The highest BCUT2D eigenvalue weighted by Crippen LogP contribution is 2.23. The van der Waals surface area contributed by atoms with Crippen molar-refractivity contribution in [1.82, 2.24) is 0 Å². The molecule has 2 fully saturated rings. The maximum Gasteiger partial charge on any atom is 0.697 e. The van der Waals surface area contributed by atoms with E-state index in [1.54, 1.807) is 0 Å². The monoisotopic (exact) mass is 309 g/mol. The number of hydrogen-bond acceptors (Lipinski definition) is 7. The molecular weight excluding hydrogens is 287 g/mol. The first-order chi connectivity index (χ1) is 9.84. The van der Waals surface area contributed by atoms with Gasteiger partial charge in [0.25, 0.3) is 0 Å². The molecule has 2 atom stereocenters. The Kier molecular flexibility index (Phi) is 7.90. The third kappa shape index (κ3) is 8.92. The predicted molar refractivity (Wildman–Crippen MR) is 69.9 cm³/mol. The summed E-state index contributed by atoms with van der Waals surface area (Å²) >= 11 is 0. The van der Waals surface area contributed by atoms with Crippen LogP contribution >= 0.6 is 8.25 Å². The van der Waals surface area contributed by atoms with Gasteiger partial charge >= 0.3 is 8.25 Å². The molecule has 0 saturated carbocycles. The number of rotatable bonds is 14. The maximum atomic E-state index is 11.3. The molecule has 2 rings (SSSR count). The normalized spacial score (nSPS) is 24.7. The highest BCUT2D eigenvalue weighted by molar-refractivity contribution is 7.33. The quantitative estimate of drug-likeness (QED) is 0.272. The van der Waals surface area contributed by atoms with E-state index in [-0.39, 0.29) is 12.2 Å². The molecule has 2 aliphatic rings. The van der Waals surface area contributed by atoms with Gasteiger partial charge in [-0.15, -0.1) is 9.05 Å². The Morgan fingerprint density at radius 3 is 1.70 bits per heavy atom. The van der Waals surface area contributed by atoms with Crippen molar-refractivity contribution in [1.29, 1.82) is 0 Å². The van der Waals surface area contributed by atoms with Crippen molar-refractivity contribution in [3.8, 4) is 0 Å². The van der Waals surface area contributed by atoms with Gasteiger partial charge in [0.15, 0.2) is 0 Å². The van der Waals surface area contributed by atoms with E-state index in [1.165, 1.54) is 0 Å².